The van der Waals surface area contributed by atoms with Gasteiger partial charge in [0.1, 0.15) is 0 Å². The fourth-order valence-corrected chi connectivity index (χ4v) is 9.34. The Bertz CT molecular complexity index is 294. The highest BCUT2D eigenvalue weighted by Gasteiger charge is 2.43. The Kier molecular flexibility index (Phi) is 5.21. The molecular formula is C17H35P. The Hall–Kier alpha value is 0.300. The van der Waals surface area contributed by atoms with Crippen molar-refractivity contribution in [2.75, 3.05) is 6.16 Å². The first-order chi connectivity index (χ1) is 8.12. The van der Waals surface area contributed by atoms with Gasteiger partial charge in [0.15, 0.2) is 0 Å². The minimum atomic E-state index is -1.08. The second-order valence-electron chi connectivity index (χ2n) is 7.60. The maximum absolute atomic E-state index is 4.87. The first kappa shape index (κ1) is 16.4. The zero-order valence-electron chi connectivity index (χ0n) is 13.9. The molecule has 1 fully saturated rings. The van der Waals surface area contributed by atoms with Crippen LogP contribution in [-0.4, -0.2) is 23.8 Å². The lowest BCUT2D eigenvalue weighted by Crippen LogP contribution is -2.25. The van der Waals surface area contributed by atoms with Crippen LogP contribution in [-0.2, 0) is 0 Å². The summed E-state index contributed by atoms with van der Waals surface area (Å²) in [4.78, 5) is 0. The molecule has 0 aromatic rings. The Morgan fingerprint density at radius 3 is 1.39 bits per heavy atom. The molecule has 0 aromatic carbocycles. The van der Waals surface area contributed by atoms with Crippen molar-refractivity contribution < 1.29 is 0 Å². The molecule has 18 heavy (non-hydrogen) atoms. The van der Waals surface area contributed by atoms with E-state index in [0.29, 0.717) is 0 Å². The third-order valence-electron chi connectivity index (χ3n) is 6.34. The molecule has 0 radical (unpaired) electrons. The Labute approximate surface area is 116 Å². The van der Waals surface area contributed by atoms with E-state index in [1.807, 2.05) is 0 Å². The van der Waals surface area contributed by atoms with Crippen molar-refractivity contribution in [3.8, 4) is 0 Å². The number of rotatable bonds is 2. The highest BCUT2D eigenvalue weighted by Crippen LogP contribution is 2.64. The predicted octanol–water partition coefficient (Wildman–Crippen LogP) is 5.43. The fourth-order valence-electron chi connectivity index (χ4n) is 4.16. The SMILES string of the molecule is C=P1(CC(C)C)[C@H](C)[C@H](C)[C@H](C)[C@H](C)[C@H](C)[C@@H]1C. The van der Waals surface area contributed by atoms with Crippen LogP contribution in [0.1, 0.15) is 55.4 Å². The lowest BCUT2D eigenvalue weighted by molar-refractivity contribution is 0.222. The molecule has 0 nitrogen and oxygen atoms in total. The molecule has 1 saturated heterocycles. The van der Waals surface area contributed by atoms with Crippen LogP contribution >= 0.6 is 6.89 Å². The van der Waals surface area contributed by atoms with E-state index >= 15 is 0 Å². The van der Waals surface area contributed by atoms with Crippen LogP contribution in [0.25, 0.3) is 0 Å². The summed E-state index contributed by atoms with van der Waals surface area (Å²) < 4.78 is 0. The van der Waals surface area contributed by atoms with Crippen LogP contribution in [0.15, 0.2) is 0 Å². The summed E-state index contributed by atoms with van der Waals surface area (Å²) in [6.45, 7) is 18.6. The normalized spacial score (nSPS) is 50.3. The highest BCUT2D eigenvalue weighted by molar-refractivity contribution is 7.75. The third-order valence-corrected chi connectivity index (χ3v) is 11.9. The smallest absolute Gasteiger partial charge is 0.0213 e. The number of hydrogen-bond acceptors (Lipinski definition) is 0. The molecule has 1 heteroatoms. The van der Waals surface area contributed by atoms with E-state index in [-0.39, 0.29) is 0 Å². The lowest BCUT2D eigenvalue weighted by Gasteiger charge is -2.40. The van der Waals surface area contributed by atoms with Gasteiger partial charge in [-0.2, -0.15) is 0 Å². The molecule has 0 saturated carbocycles. The average molecular weight is 270 g/mol. The molecule has 7 atom stereocenters. The second-order valence-corrected chi connectivity index (χ2v) is 11.8. The first-order valence-electron chi connectivity index (χ1n) is 7.84. The van der Waals surface area contributed by atoms with Gasteiger partial charge < -0.3 is 0 Å². The van der Waals surface area contributed by atoms with Crippen molar-refractivity contribution in [3.05, 3.63) is 0 Å². The van der Waals surface area contributed by atoms with Crippen molar-refractivity contribution in [3.63, 3.8) is 0 Å². The minimum Gasteiger partial charge on any atom is -0.106 e. The standard InChI is InChI=1S/C17H35P/c1-11(2)10-18(9)16(7)14(5)12(3)13(4)15(6)17(18)8/h11-17H,9-10H2,1-8H3/t12-,13+,14-,15+,16-,17+,18?. The maximum atomic E-state index is 4.87. The zero-order chi connectivity index (χ0) is 14.2. The van der Waals surface area contributed by atoms with E-state index in [2.05, 4.69) is 55.4 Å². The average Bonchev–Trinajstić information content (AvgIpc) is 2.33. The van der Waals surface area contributed by atoms with Gasteiger partial charge in [-0.05, 0) is 47.1 Å². The molecule has 108 valence electrons. The Morgan fingerprint density at radius 2 is 1.11 bits per heavy atom. The second kappa shape index (κ2) is 5.74. The minimum absolute atomic E-state index is 0.795. The lowest BCUT2D eigenvalue weighted by atomic mass is 9.77. The molecule has 0 aliphatic carbocycles. The summed E-state index contributed by atoms with van der Waals surface area (Å²) in [5.74, 6) is 4.14. The van der Waals surface area contributed by atoms with Gasteiger partial charge in [-0.25, -0.2) is 0 Å². The van der Waals surface area contributed by atoms with Gasteiger partial charge in [-0.1, -0.05) is 55.4 Å². The monoisotopic (exact) mass is 270 g/mol. The largest absolute Gasteiger partial charge is 0.106 e. The molecule has 1 aliphatic rings. The van der Waals surface area contributed by atoms with Gasteiger partial charge in [0.25, 0.3) is 0 Å². The predicted molar refractivity (Wildman–Crippen MR) is 89.3 cm³/mol. The summed E-state index contributed by atoms with van der Waals surface area (Å²) in [6.07, 6.45) is 6.25. The van der Waals surface area contributed by atoms with Gasteiger partial charge in [0.05, 0.1) is 0 Å². The first-order valence-corrected chi connectivity index (χ1v) is 10.1. The van der Waals surface area contributed by atoms with E-state index in [0.717, 1.165) is 40.9 Å². The van der Waals surface area contributed by atoms with Crippen LogP contribution in [0.4, 0.5) is 0 Å². The number of hydrogen-bond donors (Lipinski definition) is 0. The van der Waals surface area contributed by atoms with Crippen molar-refractivity contribution in [1.82, 2.24) is 0 Å². The molecule has 0 spiro atoms. The van der Waals surface area contributed by atoms with E-state index < -0.39 is 6.89 Å². The molecular weight excluding hydrogens is 235 g/mol. The Balaban J connectivity index is 3.19. The van der Waals surface area contributed by atoms with Gasteiger partial charge >= 0.3 is 0 Å². The summed E-state index contributed by atoms with van der Waals surface area (Å²) in [5.41, 5.74) is 1.66. The van der Waals surface area contributed by atoms with Crippen LogP contribution in [0, 0.1) is 29.6 Å². The quantitative estimate of drug-likeness (QED) is 0.587. The summed E-state index contributed by atoms with van der Waals surface area (Å²) >= 11 is 0. The molecule has 0 amide bonds. The van der Waals surface area contributed by atoms with Crippen molar-refractivity contribution in [1.29, 1.82) is 0 Å². The van der Waals surface area contributed by atoms with Crippen molar-refractivity contribution >= 4 is 13.2 Å². The van der Waals surface area contributed by atoms with Gasteiger partial charge in [0, 0.05) is 0 Å². The van der Waals surface area contributed by atoms with Crippen molar-refractivity contribution in [2.24, 2.45) is 29.6 Å². The highest BCUT2D eigenvalue weighted by atomic mass is 31.2. The molecule has 1 rings (SSSR count). The van der Waals surface area contributed by atoms with Gasteiger partial charge in [0.2, 0.25) is 0 Å². The maximum Gasteiger partial charge on any atom is -0.0213 e. The fraction of sp³-hybridized carbons (Fsp3) is 0.941. The molecule has 1 aliphatic heterocycles. The molecule has 1 unspecified atom stereocenters. The molecule has 0 aromatic heterocycles. The van der Waals surface area contributed by atoms with E-state index in [9.17, 15) is 0 Å². The molecule has 0 N–H and O–H groups in total. The molecule has 1 heterocycles. The summed E-state index contributed by atoms with van der Waals surface area (Å²) in [5, 5.41) is 0. The van der Waals surface area contributed by atoms with Crippen LogP contribution < -0.4 is 0 Å². The van der Waals surface area contributed by atoms with Gasteiger partial charge in [-0.15, -0.1) is 13.2 Å². The van der Waals surface area contributed by atoms with Crippen LogP contribution in [0.3, 0.4) is 0 Å². The third kappa shape index (κ3) is 2.74. The van der Waals surface area contributed by atoms with Crippen molar-refractivity contribution in [2.45, 2.75) is 66.7 Å². The van der Waals surface area contributed by atoms with Gasteiger partial charge in [-0.3, -0.25) is 0 Å². The Morgan fingerprint density at radius 1 is 0.778 bits per heavy atom. The van der Waals surface area contributed by atoms with E-state index in [4.69, 9.17) is 6.30 Å². The van der Waals surface area contributed by atoms with Crippen LogP contribution in [0.5, 0.6) is 0 Å². The summed E-state index contributed by atoms with van der Waals surface area (Å²) in [6, 6.07) is 0. The summed E-state index contributed by atoms with van der Waals surface area (Å²) in [7, 11) is 0. The van der Waals surface area contributed by atoms with E-state index in [1.54, 1.807) is 0 Å². The van der Waals surface area contributed by atoms with Crippen LogP contribution in [0.2, 0.25) is 0 Å². The molecule has 0 bridgehead atoms. The topological polar surface area (TPSA) is 0 Å². The van der Waals surface area contributed by atoms with E-state index in [1.165, 1.54) is 6.16 Å². The zero-order valence-corrected chi connectivity index (χ0v) is 14.8.